The standard InChI is InChI=1S/C15H20N4OS/c1-15(2,3)20-7-10-4-5-11(6-10)19-9-18-12-13(19)16-8-17-14(12)21/h4-5,8-11H,6-7H2,1-3H3,(H,16,17,21)/t10-,11+/m0/s1. The molecule has 1 aliphatic carbocycles. The average Bonchev–Trinajstić information content (AvgIpc) is 3.02. The minimum Gasteiger partial charge on any atom is -0.375 e. The molecule has 112 valence electrons. The molecular formula is C15H20N4OS. The molecule has 1 aliphatic rings. The molecule has 0 saturated carbocycles. The zero-order chi connectivity index (χ0) is 15.0. The van der Waals surface area contributed by atoms with E-state index in [0.717, 1.165) is 24.2 Å². The van der Waals surface area contributed by atoms with Crippen molar-refractivity contribution in [1.82, 2.24) is 19.5 Å². The molecule has 2 heterocycles. The maximum absolute atomic E-state index is 5.87. The number of aromatic nitrogens is 4. The summed E-state index contributed by atoms with van der Waals surface area (Å²) in [4.78, 5) is 11.6. The zero-order valence-corrected chi connectivity index (χ0v) is 13.4. The van der Waals surface area contributed by atoms with Gasteiger partial charge in [-0.1, -0.05) is 24.4 Å². The molecule has 21 heavy (non-hydrogen) atoms. The Bertz CT molecular complexity index is 725. The number of rotatable bonds is 3. The predicted octanol–water partition coefficient (Wildman–Crippen LogP) is 3.42. The molecule has 0 aromatic carbocycles. The molecule has 6 heteroatoms. The van der Waals surface area contributed by atoms with Crippen LogP contribution in [-0.4, -0.2) is 31.7 Å². The minimum absolute atomic E-state index is 0.0930. The van der Waals surface area contributed by atoms with Gasteiger partial charge in [0.05, 0.1) is 30.9 Å². The summed E-state index contributed by atoms with van der Waals surface area (Å²) in [5.41, 5.74) is 1.60. The Morgan fingerprint density at radius 2 is 2.19 bits per heavy atom. The van der Waals surface area contributed by atoms with Crippen LogP contribution in [0.25, 0.3) is 11.2 Å². The maximum Gasteiger partial charge on any atom is 0.157 e. The summed E-state index contributed by atoms with van der Waals surface area (Å²) >= 11 is 5.20. The van der Waals surface area contributed by atoms with Crippen LogP contribution >= 0.6 is 12.2 Å². The van der Waals surface area contributed by atoms with Gasteiger partial charge in [0.15, 0.2) is 4.64 Å². The smallest absolute Gasteiger partial charge is 0.157 e. The van der Waals surface area contributed by atoms with Crippen molar-refractivity contribution in [2.75, 3.05) is 6.61 Å². The fraction of sp³-hybridized carbons (Fsp3) is 0.533. The van der Waals surface area contributed by atoms with E-state index in [0.29, 0.717) is 10.6 Å². The Kier molecular flexibility index (Phi) is 3.67. The van der Waals surface area contributed by atoms with Gasteiger partial charge in [-0.2, -0.15) is 0 Å². The van der Waals surface area contributed by atoms with Crippen LogP contribution in [0.2, 0.25) is 0 Å². The third-order valence-electron chi connectivity index (χ3n) is 3.62. The number of hydrogen-bond acceptors (Lipinski definition) is 4. The maximum atomic E-state index is 5.87. The van der Waals surface area contributed by atoms with Gasteiger partial charge in [-0.15, -0.1) is 0 Å². The minimum atomic E-state index is -0.0930. The highest BCUT2D eigenvalue weighted by molar-refractivity contribution is 7.71. The molecule has 0 unspecified atom stereocenters. The van der Waals surface area contributed by atoms with Gasteiger partial charge in [-0.05, 0) is 27.2 Å². The highest BCUT2D eigenvalue weighted by Gasteiger charge is 2.23. The monoisotopic (exact) mass is 304 g/mol. The Morgan fingerprint density at radius 1 is 1.38 bits per heavy atom. The first-order chi connectivity index (χ1) is 9.94. The van der Waals surface area contributed by atoms with Crippen LogP contribution in [0.5, 0.6) is 0 Å². The van der Waals surface area contributed by atoms with Crippen LogP contribution in [0.1, 0.15) is 33.2 Å². The number of nitrogens with zero attached hydrogens (tertiary/aromatic N) is 3. The van der Waals surface area contributed by atoms with E-state index in [1.54, 1.807) is 6.33 Å². The van der Waals surface area contributed by atoms with Crippen molar-refractivity contribution in [2.24, 2.45) is 5.92 Å². The topological polar surface area (TPSA) is 55.7 Å². The molecule has 0 aliphatic heterocycles. The summed E-state index contributed by atoms with van der Waals surface area (Å²) in [5.74, 6) is 0.441. The number of hydrogen-bond donors (Lipinski definition) is 1. The molecule has 2 atom stereocenters. The quantitative estimate of drug-likeness (QED) is 0.697. The van der Waals surface area contributed by atoms with E-state index < -0.39 is 0 Å². The number of fused-ring (bicyclic) bond motifs is 1. The average molecular weight is 304 g/mol. The normalized spacial score (nSPS) is 22.2. The molecular weight excluding hydrogens is 284 g/mol. The molecule has 0 amide bonds. The second kappa shape index (κ2) is 5.35. The summed E-state index contributed by atoms with van der Waals surface area (Å²) in [6, 6.07) is 0.289. The molecule has 0 fully saturated rings. The lowest BCUT2D eigenvalue weighted by molar-refractivity contribution is -0.0160. The highest BCUT2D eigenvalue weighted by Crippen LogP contribution is 2.30. The number of aromatic amines is 1. The lowest BCUT2D eigenvalue weighted by Gasteiger charge is -2.22. The summed E-state index contributed by atoms with van der Waals surface area (Å²) in [5, 5.41) is 0. The molecule has 0 radical (unpaired) electrons. The van der Waals surface area contributed by atoms with E-state index in [4.69, 9.17) is 17.0 Å². The Labute approximate surface area is 129 Å². The molecule has 0 spiro atoms. The summed E-state index contributed by atoms with van der Waals surface area (Å²) in [7, 11) is 0. The van der Waals surface area contributed by atoms with E-state index in [-0.39, 0.29) is 11.6 Å². The van der Waals surface area contributed by atoms with E-state index in [9.17, 15) is 0 Å². The third kappa shape index (κ3) is 3.06. The summed E-state index contributed by atoms with van der Waals surface area (Å²) < 4.78 is 8.54. The predicted molar refractivity (Wildman–Crippen MR) is 84.7 cm³/mol. The number of allylic oxidation sites excluding steroid dienone is 1. The molecule has 0 saturated heterocycles. The van der Waals surface area contributed by atoms with Crippen LogP contribution in [-0.2, 0) is 4.74 Å². The highest BCUT2D eigenvalue weighted by atomic mass is 32.1. The van der Waals surface area contributed by atoms with Crippen LogP contribution in [0, 0.1) is 10.6 Å². The van der Waals surface area contributed by atoms with Crippen molar-refractivity contribution >= 4 is 23.4 Å². The van der Waals surface area contributed by atoms with Crippen molar-refractivity contribution in [3.63, 3.8) is 0 Å². The second-order valence-corrected chi connectivity index (χ2v) is 6.81. The number of nitrogens with one attached hydrogen (secondary N) is 1. The largest absolute Gasteiger partial charge is 0.375 e. The van der Waals surface area contributed by atoms with Gasteiger partial charge in [0.1, 0.15) is 11.2 Å². The first-order valence-corrected chi connectivity index (χ1v) is 7.57. The zero-order valence-electron chi connectivity index (χ0n) is 12.5. The van der Waals surface area contributed by atoms with Crippen molar-refractivity contribution in [1.29, 1.82) is 0 Å². The fourth-order valence-electron chi connectivity index (χ4n) is 2.56. The SMILES string of the molecule is CC(C)(C)OC[C@H]1C=C[C@@H](n2cnc3c(=S)nc[nH]c32)C1. The summed E-state index contributed by atoms with van der Waals surface area (Å²) in [6.07, 6.45) is 8.93. The van der Waals surface area contributed by atoms with Gasteiger partial charge in [-0.3, -0.25) is 0 Å². The first-order valence-electron chi connectivity index (χ1n) is 7.16. The van der Waals surface area contributed by atoms with E-state index in [2.05, 4.69) is 52.4 Å². The van der Waals surface area contributed by atoms with Crippen LogP contribution in [0.15, 0.2) is 24.8 Å². The van der Waals surface area contributed by atoms with E-state index >= 15 is 0 Å². The van der Waals surface area contributed by atoms with Crippen LogP contribution in [0.4, 0.5) is 0 Å². The van der Waals surface area contributed by atoms with Crippen molar-refractivity contribution in [3.8, 4) is 0 Å². The number of H-pyrrole nitrogens is 1. The first kappa shape index (κ1) is 14.4. The second-order valence-electron chi connectivity index (χ2n) is 6.43. The van der Waals surface area contributed by atoms with Gasteiger partial charge in [0.2, 0.25) is 0 Å². The number of imidazole rings is 1. The lowest BCUT2D eigenvalue weighted by atomic mass is 10.1. The van der Waals surface area contributed by atoms with E-state index in [1.165, 1.54) is 0 Å². The Balaban J connectivity index is 1.76. The molecule has 5 nitrogen and oxygen atoms in total. The molecule has 0 bridgehead atoms. The van der Waals surface area contributed by atoms with Crippen LogP contribution < -0.4 is 0 Å². The lowest BCUT2D eigenvalue weighted by Crippen LogP contribution is -2.22. The van der Waals surface area contributed by atoms with Gasteiger partial charge in [0.25, 0.3) is 0 Å². The fourth-order valence-corrected chi connectivity index (χ4v) is 2.77. The van der Waals surface area contributed by atoms with E-state index in [1.807, 2.05) is 6.33 Å². The van der Waals surface area contributed by atoms with Crippen molar-refractivity contribution < 1.29 is 4.74 Å². The summed E-state index contributed by atoms with van der Waals surface area (Å²) in [6.45, 7) is 7.00. The van der Waals surface area contributed by atoms with Gasteiger partial charge in [0, 0.05) is 5.92 Å². The van der Waals surface area contributed by atoms with Gasteiger partial charge in [-0.25, -0.2) is 9.97 Å². The molecule has 3 rings (SSSR count). The van der Waals surface area contributed by atoms with Gasteiger partial charge >= 0.3 is 0 Å². The van der Waals surface area contributed by atoms with Crippen molar-refractivity contribution in [3.05, 3.63) is 29.4 Å². The Morgan fingerprint density at radius 3 is 2.95 bits per heavy atom. The molecule has 1 N–H and O–H groups in total. The van der Waals surface area contributed by atoms with Gasteiger partial charge < -0.3 is 14.3 Å². The number of ether oxygens (including phenoxy) is 1. The van der Waals surface area contributed by atoms with Crippen molar-refractivity contribution in [2.45, 2.75) is 38.8 Å². The Hall–Kier alpha value is -1.53. The van der Waals surface area contributed by atoms with Crippen LogP contribution in [0.3, 0.4) is 0 Å². The molecule has 2 aromatic heterocycles. The third-order valence-corrected chi connectivity index (χ3v) is 3.92. The molecule has 2 aromatic rings.